The standard InChI is InChI=1S/C18H18F4N2O2.ClH/c1-11(23)17(25)24-16(10-26-15-7-3-6-14(19)9-15)12-4-2-5-13(8-12)18(20,21)22;/h2-9,11,16H,10,23H2,1H3,(H,24,25);1H. The molecule has 0 radical (unpaired) electrons. The summed E-state index contributed by atoms with van der Waals surface area (Å²) in [6.07, 6.45) is -4.52. The molecule has 0 aromatic heterocycles. The molecule has 0 fully saturated rings. The predicted molar refractivity (Wildman–Crippen MR) is 95.1 cm³/mol. The maximum atomic E-state index is 13.2. The molecule has 0 aliphatic carbocycles. The first-order valence-electron chi connectivity index (χ1n) is 7.78. The van der Waals surface area contributed by atoms with Crippen LogP contribution in [0.5, 0.6) is 5.75 Å². The molecule has 2 aromatic rings. The summed E-state index contributed by atoms with van der Waals surface area (Å²) >= 11 is 0. The van der Waals surface area contributed by atoms with E-state index in [4.69, 9.17) is 10.5 Å². The third-order valence-electron chi connectivity index (χ3n) is 3.56. The number of nitrogens with two attached hydrogens (primary N) is 1. The second kappa shape index (κ2) is 9.57. The second-order valence-corrected chi connectivity index (χ2v) is 5.74. The molecule has 2 unspecified atom stereocenters. The molecule has 0 saturated carbocycles. The van der Waals surface area contributed by atoms with E-state index in [1.165, 1.54) is 37.3 Å². The van der Waals surface area contributed by atoms with Gasteiger partial charge in [-0.1, -0.05) is 18.2 Å². The van der Waals surface area contributed by atoms with Gasteiger partial charge in [-0.15, -0.1) is 12.4 Å². The molecule has 3 N–H and O–H groups in total. The Hall–Kier alpha value is -2.32. The van der Waals surface area contributed by atoms with Gasteiger partial charge in [0.25, 0.3) is 0 Å². The van der Waals surface area contributed by atoms with Gasteiger partial charge in [-0.05, 0) is 36.8 Å². The van der Waals surface area contributed by atoms with Gasteiger partial charge in [0.15, 0.2) is 0 Å². The minimum Gasteiger partial charge on any atom is -0.491 e. The maximum absolute atomic E-state index is 13.2. The number of benzene rings is 2. The van der Waals surface area contributed by atoms with E-state index in [2.05, 4.69) is 5.32 Å². The predicted octanol–water partition coefficient (Wildman–Crippen LogP) is 3.85. The minimum absolute atomic E-state index is 0. The molecule has 4 nitrogen and oxygen atoms in total. The van der Waals surface area contributed by atoms with Crippen LogP contribution in [0.3, 0.4) is 0 Å². The lowest BCUT2D eigenvalue weighted by Crippen LogP contribution is -2.42. The highest BCUT2D eigenvalue weighted by atomic mass is 35.5. The number of carbonyl (C=O) groups is 1. The van der Waals surface area contributed by atoms with Gasteiger partial charge in [0.2, 0.25) is 5.91 Å². The third-order valence-corrected chi connectivity index (χ3v) is 3.56. The second-order valence-electron chi connectivity index (χ2n) is 5.74. The topological polar surface area (TPSA) is 64.4 Å². The molecule has 2 rings (SSSR count). The Morgan fingerprint density at radius 2 is 1.85 bits per heavy atom. The molecule has 0 bridgehead atoms. The van der Waals surface area contributed by atoms with Gasteiger partial charge in [0.05, 0.1) is 17.6 Å². The first kappa shape index (κ1) is 22.7. The van der Waals surface area contributed by atoms with Crippen LogP contribution in [0.1, 0.15) is 24.1 Å². The average molecular weight is 407 g/mol. The Morgan fingerprint density at radius 3 is 2.44 bits per heavy atom. The molecule has 9 heteroatoms. The molecule has 1 amide bonds. The number of nitrogens with one attached hydrogen (secondary N) is 1. The molecule has 0 heterocycles. The number of hydrogen-bond donors (Lipinski definition) is 2. The van der Waals surface area contributed by atoms with Crippen molar-refractivity contribution in [1.82, 2.24) is 5.32 Å². The molecule has 2 aromatic carbocycles. The number of halogens is 5. The number of amides is 1. The van der Waals surface area contributed by atoms with Crippen molar-refractivity contribution < 1.29 is 27.1 Å². The highest BCUT2D eigenvalue weighted by molar-refractivity contribution is 5.85. The SMILES string of the molecule is CC(N)C(=O)NC(COc1cccc(F)c1)c1cccc(C(F)(F)F)c1.Cl. The number of hydrogen-bond acceptors (Lipinski definition) is 3. The molecule has 0 aliphatic heterocycles. The van der Waals surface area contributed by atoms with Crippen molar-refractivity contribution in [3.8, 4) is 5.75 Å². The van der Waals surface area contributed by atoms with Crippen LogP contribution in [0.4, 0.5) is 17.6 Å². The largest absolute Gasteiger partial charge is 0.491 e. The third kappa shape index (κ3) is 6.73. The normalized spacial score (nSPS) is 13.3. The Morgan fingerprint density at radius 1 is 1.19 bits per heavy atom. The quantitative estimate of drug-likeness (QED) is 0.716. The van der Waals surface area contributed by atoms with Crippen molar-refractivity contribution >= 4 is 18.3 Å². The van der Waals surface area contributed by atoms with Crippen LogP contribution in [0.25, 0.3) is 0 Å². The number of rotatable bonds is 6. The lowest BCUT2D eigenvalue weighted by Gasteiger charge is -2.22. The van der Waals surface area contributed by atoms with Crippen molar-refractivity contribution in [1.29, 1.82) is 0 Å². The minimum atomic E-state index is -4.52. The van der Waals surface area contributed by atoms with E-state index in [-0.39, 0.29) is 30.3 Å². The van der Waals surface area contributed by atoms with E-state index in [0.29, 0.717) is 0 Å². The van der Waals surface area contributed by atoms with Gasteiger partial charge in [-0.3, -0.25) is 4.79 Å². The molecule has 0 aliphatic rings. The van der Waals surface area contributed by atoms with Crippen LogP contribution in [0, 0.1) is 5.82 Å². The van der Waals surface area contributed by atoms with Crippen LogP contribution < -0.4 is 15.8 Å². The van der Waals surface area contributed by atoms with Crippen molar-refractivity contribution in [2.75, 3.05) is 6.61 Å². The van der Waals surface area contributed by atoms with Gasteiger partial charge in [-0.25, -0.2) is 4.39 Å². The number of alkyl halides is 3. The summed E-state index contributed by atoms with van der Waals surface area (Å²) < 4.78 is 57.5. The summed E-state index contributed by atoms with van der Waals surface area (Å²) in [4.78, 5) is 11.9. The lowest BCUT2D eigenvalue weighted by atomic mass is 10.0. The molecule has 2 atom stereocenters. The molecular weight excluding hydrogens is 388 g/mol. The van der Waals surface area contributed by atoms with Crippen LogP contribution in [-0.4, -0.2) is 18.6 Å². The van der Waals surface area contributed by atoms with E-state index in [1.54, 1.807) is 0 Å². The summed E-state index contributed by atoms with van der Waals surface area (Å²) in [5, 5.41) is 2.55. The van der Waals surface area contributed by atoms with Crippen molar-refractivity contribution in [3.63, 3.8) is 0 Å². The van der Waals surface area contributed by atoms with E-state index in [1.807, 2.05) is 0 Å². The molecule has 0 saturated heterocycles. The molecular formula is C18H19ClF4N2O2. The fourth-order valence-electron chi connectivity index (χ4n) is 2.19. The monoisotopic (exact) mass is 406 g/mol. The lowest BCUT2D eigenvalue weighted by molar-refractivity contribution is -0.137. The maximum Gasteiger partial charge on any atom is 0.416 e. The van der Waals surface area contributed by atoms with Gasteiger partial charge in [0.1, 0.15) is 18.2 Å². The zero-order valence-corrected chi connectivity index (χ0v) is 15.1. The summed E-state index contributed by atoms with van der Waals surface area (Å²) in [5.41, 5.74) is 4.86. The Balaban J connectivity index is 0.00000364. The van der Waals surface area contributed by atoms with Crippen molar-refractivity contribution in [2.45, 2.75) is 25.2 Å². The zero-order valence-electron chi connectivity index (χ0n) is 14.3. The van der Waals surface area contributed by atoms with E-state index >= 15 is 0 Å². The highest BCUT2D eigenvalue weighted by Gasteiger charge is 2.31. The Bertz CT molecular complexity index is 769. The summed E-state index contributed by atoms with van der Waals surface area (Å²) in [6.45, 7) is 1.26. The summed E-state index contributed by atoms with van der Waals surface area (Å²) in [6, 6.07) is 8.11. The number of carbonyl (C=O) groups excluding carboxylic acids is 1. The zero-order chi connectivity index (χ0) is 19.3. The van der Waals surface area contributed by atoms with E-state index in [0.717, 1.165) is 18.2 Å². The van der Waals surface area contributed by atoms with Gasteiger partial charge >= 0.3 is 6.18 Å². The van der Waals surface area contributed by atoms with Crippen LogP contribution in [-0.2, 0) is 11.0 Å². The van der Waals surface area contributed by atoms with Crippen LogP contribution in [0.2, 0.25) is 0 Å². The van der Waals surface area contributed by atoms with Crippen molar-refractivity contribution in [2.24, 2.45) is 5.73 Å². The first-order valence-corrected chi connectivity index (χ1v) is 7.78. The van der Waals surface area contributed by atoms with Crippen LogP contribution in [0.15, 0.2) is 48.5 Å². The Kier molecular flexibility index (Phi) is 8.05. The molecule has 27 heavy (non-hydrogen) atoms. The summed E-state index contributed by atoms with van der Waals surface area (Å²) in [5.74, 6) is -0.870. The average Bonchev–Trinajstić information content (AvgIpc) is 2.57. The van der Waals surface area contributed by atoms with Gasteiger partial charge < -0.3 is 15.8 Å². The number of ether oxygens (including phenoxy) is 1. The smallest absolute Gasteiger partial charge is 0.416 e. The fraction of sp³-hybridized carbons (Fsp3) is 0.278. The van der Waals surface area contributed by atoms with Gasteiger partial charge in [0, 0.05) is 6.07 Å². The first-order chi connectivity index (χ1) is 12.2. The van der Waals surface area contributed by atoms with Crippen molar-refractivity contribution in [3.05, 3.63) is 65.5 Å². The van der Waals surface area contributed by atoms with Crippen LogP contribution >= 0.6 is 12.4 Å². The summed E-state index contributed by atoms with van der Waals surface area (Å²) in [7, 11) is 0. The van der Waals surface area contributed by atoms with E-state index in [9.17, 15) is 22.4 Å². The molecule has 148 valence electrons. The fourth-order valence-corrected chi connectivity index (χ4v) is 2.19. The molecule has 0 spiro atoms. The van der Waals surface area contributed by atoms with E-state index < -0.39 is 35.5 Å². The highest BCUT2D eigenvalue weighted by Crippen LogP contribution is 2.31. The van der Waals surface area contributed by atoms with Gasteiger partial charge in [-0.2, -0.15) is 13.2 Å². The Labute approximate surface area is 160 Å².